The molecule has 1 aliphatic heterocycles. The summed E-state index contributed by atoms with van der Waals surface area (Å²) in [6.07, 6.45) is 4.81. The van der Waals surface area contributed by atoms with Gasteiger partial charge in [-0.25, -0.2) is 0 Å². The van der Waals surface area contributed by atoms with E-state index in [-0.39, 0.29) is 23.1 Å². The van der Waals surface area contributed by atoms with E-state index in [2.05, 4.69) is 22.4 Å². The van der Waals surface area contributed by atoms with Crippen LogP contribution in [-0.2, 0) is 10.5 Å². The number of nitrogens with zero attached hydrogens (tertiary/aromatic N) is 2. The second kappa shape index (κ2) is 9.55. The first kappa shape index (κ1) is 19.4. The lowest BCUT2D eigenvalue weighted by Crippen LogP contribution is -2.48. The van der Waals surface area contributed by atoms with E-state index >= 15 is 0 Å². The molecule has 0 saturated carbocycles. The van der Waals surface area contributed by atoms with Gasteiger partial charge in [0.2, 0.25) is 5.91 Å². The second-order valence-corrected chi connectivity index (χ2v) is 8.08. The molecule has 1 fully saturated rings. The van der Waals surface area contributed by atoms with Crippen LogP contribution in [0.2, 0.25) is 0 Å². The van der Waals surface area contributed by atoms with Crippen LogP contribution < -0.4 is 5.32 Å². The summed E-state index contributed by atoms with van der Waals surface area (Å²) in [5, 5.41) is 3.00. The molecule has 1 saturated heterocycles. The van der Waals surface area contributed by atoms with Crippen molar-refractivity contribution in [1.29, 1.82) is 0 Å². The zero-order valence-corrected chi connectivity index (χ0v) is 16.3. The van der Waals surface area contributed by atoms with Crippen LogP contribution in [-0.4, -0.2) is 46.1 Å². The highest BCUT2D eigenvalue weighted by Crippen LogP contribution is 2.21. The number of hydrogen-bond donors (Lipinski definition) is 1. The molecule has 0 bridgehead atoms. The number of nitrogens with one attached hydrogen (secondary N) is 1. The highest BCUT2D eigenvalue weighted by Gasteiger charge is 2.27. The first-order valence-corrected chi connectivity index (χ1v) is 10.3. The Labute approximate surface area is 164 Å². The summed E-state index contributed by atoms with van der Waals surface area (Å²) in [5.41, 5.74) is 1.86. The van der Waals surface area contributed by atoms with E-state index in [0.29, 0.717) is 18.7 Å². The topological polar surface area (TPSA) is 62.3 Å². The van der Waals surface area contributed by atoms with Crippen LogP contribution in [0.4, 0.5) is 0 Å². The third kappa shape index (κ3) is 5.57. The number of likely N-dealkylation sites (tertiary alicyclic amines) is 1. The van der Waals surface area contributed by atoms with E-state index in [1.54, 1.807) is 36.3 Å². The lowest BCUT2D eigenvalue weighted by Gasteiger charge is -2.33. The number of amides is 2. The maximum absolute atomic E-state index is 12.7. The van der Waals surface area contributed by atoms with Gasteiger partial charge in [-0.3, -0.25) is 14.6 Å². The number of carbonyl (C=O) groups excluding carboxylic acids is 2. The van der Waals surface area contributed by atoms with Crippen LogP contribution in [0.1, 0.15) is 35.7 Å². The molecule has 2 aromatic rings. The fourth-order valence-corrected chi connectivity index (χ4v) is 4.07. The molecule has 2 amide bonds. The molecule has 6 heteroatoms. The molecule has 0 aliphatic carbocycles. The standard InChI is InChI=1S/C21H25N3O2S/c1-16(27-15-17-5-3-2-4-6-17)21(26)24-13-9-19(10-14-24)23-20(25)18-7-11-22-12-8-18/h2-8,11-12,16,19H,9-10,13-15H2,1H3,(H,23,25). The Bertz CT molecular complexity index is 747. The summed E-state index contributed by atoms with van der Waals surface area (Å²) >= 11 is 1.67. The molecule has 1 aromatic heterocycles. The predicted octanol–water partition coefficient (Wildman–Crippen LogP) is 3.12. The third-order valence-corrected chi connectivity index (χ3v) is 5.98. The molecule has 0 spiro atoms. The molecule has 5 nitrogen and oxygen atoms in total. The van der Waals surface area contributed by atoms with Gasteiger partial charge >= 0.3 is 0 Å². The summed E-state index contributed by atoms with van der Waals surface area (Å²) in [5.74, 6) is 0.954. The Kier molecular flexibility index (Phi) is 6.87. The van der Waals surface area contributed by atoms with Crippen LogP contribution in [0.15, 0.2) is 54.9 Å². The second-order valence-electron chi connectivity index (χ2n) is 6.75. The summed E-state index contributed by atoms with van der Waals surface area (Å²) in [7, 11) is 0. The molecule has 142 valence electrons. The molecule has 1 atom stereocenters. The molecule has 27 heavy (non-hydrogen) atoms. The van der Waals surface area contributed by atoms with Crippen LogP contribution >= 0.6 is 11.8 Å². The highest BCUT2D eigenvalue weighted by molar-refractivity contribution is 7.99. The minimum atomic E-state index is -0.0750. The average molecular weight is 384 g/mol. The van der Waals surface area contributed by atoms with Gasteiger partial charge in [-0.15, -0.1) is 11.8 Å². The van der Waals surface area contributed by atoms with Crippen LogP contribution in [0.3, 0.4) is 0 Å². The maximum Gasteiger partial charge on any atom is 0.251 e. The van der Waals surface area contributed by atoms with Gasteiger partial charge in [0.15, 0.2) is 0 Å². The van der Waals surface area contributed by atoms with Crippen molar-refractivity contribution >= 4 is 23.6 Å². The number of rotatable bonds is 6. The van der Waals surface area contributed by atoms with Crippen molar-refractivity contribution in [3.05, 3.63) is 66.0 Å². The molecule has 2 heterocycles. The molecule has 0 radical (unpaired) electrons. The van der Waals surface area contributed by atoms with E-state index in [1.165, 1.54) is 5.56 Å². The molecule has 1 N–H and O–H groups in total. The van der Waals surface area contributed by atoms with Gasteiger partial charge < -0.3 is 10.2 Å². The van der Waals surface area contributed by atoms with E-state index in [4.69, 9.17) is 0 Å². The minimum absolute atomic E-state index is 0.0619. The van der Waals surface area contributed by atoms with Crippen molar-refractivity contribution < 1.29 is 9.59 Å². The summed E-state index contributed by atoms with van der Waals surface area (Å²) < 4.78 is 0. The zero-order chi connectivity index (χ0) is 19.1. The van der Waals surface area contributed by atoms with Crippen molar-refractivity contribution in [3.8, 4) is 0 Å². The predicted molar refractivity (Wildman–Crippen MR) is 109 cm³/mol. The van der Waals surface area contributed by atoms with Gasteiger partial charge in [-0.05, 0) is 37.5 Å². The van der Waals surface area contributed by atoms with Gasteiger partial charge in [0.05, 0.1) is 5.25 Å². The number of piperidine rings is 1. The van der Waals surface area contributed by atoms with Gasteiger partial charge in [-0.2, -0.15) is 0 Å². The van der Waals surface area contributed by atoms with Crippen molar-refractivity contribution in [2.75, 3.05) is 13.1 Å². The quantitative estimate of drug-likeness (QED) is 0.833. The van der Waals surface area contributed by atoms with Crippen LogP contribution in [0.25, 0.3) is 0 Å². The van der Waals surface area contributed by atoms with E-state index in [0.717, 1.165) is 18.6 Å². The number of benzene rings is 1. The normalized spacial score (nSPS) is 16.0. The number of thioether (sulfide) groups is 1. The third-order valence-electron chi connectivity index (χ3n) is 4.77. The van der Waals surface area contributed by atoms with Crippen LogP contribution in [0, 0.1) is 0 Å². The van der Waals surface area contributed by atoms with Crippen molar-refractivity contribution in [2.24, 2.45) is 0 Å². The maximum atomic E-state index is 12.7. The smallest absolute Gasteiger partial charge is 0.251 e. The molecular weight excluding hydrogens is 358 g/mol. The van der Waals surface area contributed by atoms with Gasteiger partial charge in [0, 0.05) is 42.8 Å². The number of hydrogen-bond acceptors (Lipinski definition) is 4. The minimum Gasteiger partial charge on any atom is -0.349 e. The largest absolute Gasteiger partial charge is 0.349 e. The molecular formula is C21H25N3O2S. The van der Waals surface area contributed by atoms with E-state index in [1.807, 2.05) is 30.0 Å². The molecule has 1 aliphatic rings. The highest BCUT2D eigenvalue weighted by atomic mass is 32.2. The Morgan fingerprint density at radius 1 is 1.15 bits per heavy atom. The fraction of sp³-hybridized carbons (Fsp3) is 0.381. The Morgan fingerprint density at radius 2 is 1.81 bits per heavy atom. The monoisotopic (exact) mass is 383 g/mol. The molecule has 3 rings (SSSR count). The first-order chi connectivity index (χ1) is 13.1. The summed E-state index contributed by atoms with van der Waals surface area (Å²) in [6, 6.07) is 13.7. The Hall–Kier alpha value is -2.34. The molecule has 1 unspecified atom stereocenters. The number of aromatic nitrogens is 1. The van der Waals surface area contributed by atoms with E-state index in [9.17, 15) is 9.59 Å². The fourth-order valence-electron chi connectivity index (χ4n) is 3.14. The van der Waals surface area contributed by atoms with Crippen molar-refractivity contribution in [2.45, 2.75) is 36.8 Å². The Morgan fingerprint density at radius 3 is 2.48 bits per heavy atom. The van der Waals surface area contributed by atoms with Crippen molar-refractivity contribution in [1.82, 2.24) is 15.2 Å². The molecule has 1 aromatic carbocycles. The van der Waals surface area contributed by atoms with Crippen molar-refractivity contribution in [3.63, 3.8) is 0 Å². The average Bonchev–Trinajstić information content (AvgIpc) is 2.73. The van der Waals surface area contributed by atoms with Gasteiger partial charge in [-0.1, -0.05) is 30.3 Å². The Balaban J connectivity index is 1.42. The van der Waals surface area contributed by atoms with Gasteiger partial charge in [0.1, 0.15) is 0 Å². The first-order valence-electron chi connectivity index (χ1n) is 9.28. The number of carbonyl (C=O) groups is 2. The SMILES string of the molecule is CC(SCc1ccccc1)C(=O)N1CCC(NC(=O)c2ccncc2)CC1. The summed E-state index contributed by atoms with van der Waals surface area (Å²) in [4.78, 5) is 30.8. The van der Waals surface area contributed by atoms with E-state index < -0.39 is 0 Å². The number of pyridine rings is 1. The lowest BCUT2D eigenvalue weighted by atomic mass is 10.0. The van der Waals surface area contributed by atoms with Crippen LogP contribution in [0.5, 0.6) is 0 Å². The zero-order valence-electron chi connectivity index (χ0n) is 15.5. The lowest BCUT2D eigenvalue weighted by molar-refractivity contribution is -0.131. The summed E-state index contributed by atoms with van der Waals surface area (Å²) in [6.45, 7) is 3.36. The van der Waals surface area contributed by atoms with Gasteiger partial charge in [0.25, 0.3) is 5.91 Å².